The number of carbonyl (C=O) groups is 1. The Balaban J connectivity index is 2.33. The van der Waals surface area contributed by atoms with Gasteiger partial charge in [-0.2, -0.15) is 0 Å². The highest BCUT2D eigenvalue weighted by molar-refractivity contribution is 9.10. The van der Waals surface area contributed by atoms with Gasteiger partial charge in [0.15, 0.2) is 0 Å². The maximum atomic E-state index is 12.2. The van der Waals surface area contributed by atoms with Gasteiger partial charge < -0.3 is 10.7 Å². The Morgan fingerprint density at radius 3 is 2.35 bits per heavy atom. The van der Waals surface area contributed by atoms with Crippen molar-refractivity contribution in [1.82, 2.24) is 0 Å². The van der Waals surface area contributed by atoms with Crippen LogP contribution in [-0.4, -0.2) is 5.91 Å². The summed E-state index contributed by atoms with van der Waals surface area (Å²) in [4.78, 5) is 12.2. The fourth-order valence-corrected chi connectivity index (χ4v) is 2.95. The zero-order chi connectivity index (χ0) is 14.7. The first-order valence-corrected chi connectivity index (χ1v) is 7.09. The van der Waals surface area contributed by atoms with Crippen molar-refractivity contribution in [3.8, 4) is 0 Å². The van der Waals surface area contributed by atoms with Gasteiger partial charge in [-0.05, 0) is 24.3 Å². The largest absolute Gasteiger partial charge is 0.323 e. The predicted molar refractivity (Wildman–Crippen MR) is 86.4 cm³/mol. The summed E-state index contributed by atoms with van der Waals surface area (Å²) in [5.41, 5.74) is 3.72. The summed E-state index contributed by atoms with van der Waals surface area (Å²) in [7, 11) is 0. The molecule has 0 fully saturated rings. The number of nitrogen functional groups attached to an aromatic ring is 1. The molecule has 4 N–H and O–H groups in total. The van der Waals surface area contributed by atoms with Crippen molar-refractivity contribution in [2.45, 2.75) is 0 Å². The van der Waals surface area contributed by atoms with E-state index >= 15 is 0 Å². The minimum absolute atomic E-state index is 0.343. The predicted octanol–water partition coefficient (Wildman–Crippen LogP) is 4.29. The lowest BCUT2D eigenvalue weighted by Gasteiger charge is -2.12. The van der Waals surface area contributed by atoms with Crippen molar-refractivity contribution in [2.24, 2.45) is 5.84 Å². The van der Waals surface area contributed by atoms with Crippen molar-refractivity contribution >= 4 is 56.4 Å². The molecular formula is C13H10BrCl2N3O. The number of para-hydroxylation sites is 1. The van der Waals surface area contributed by atoms with E-state index in [-0.39, 0.29) is 5.91 Å². The molecule has 0 spiro atoms. The van der Waals surface area contributed by atoms with E-state index in [2.05, 4.69) is 26.7 Å². The lowest BCUT2D eigenvalue weighted by molar-refractivity contribution is 0.102. The number of nitrogens with two attached hydrogens (primary N) is 1. The summed E-state index contributed by atoms with van der Waals surface area (Å²) < 4.78 is 0.731. The topological polar surface area (TPSA) is 67.1 Å². The van der Waals surface area contributed by atoms with Crippen LogP contribution in [0.25, 0.3) is 0 Å². The molecule has 104 valence electrons. The van der Waals surface area contributed by atoms with E-state index in [1.54, 1.807) is 36.4 Å². The van der Waals surface area contributed by atoms with Crippen LogP contribution in [0.2, 0.25) is 10.0 Å². The van der Waals surface area contributed by atoms with Gasteiger partial charge in [-0.3, -0.25) is 10.6 Å². The lowest BCUT2D eigenvalue weighted by atomic mass is 10.1. The highest BCUT2D eigenvalue weighted by Crippen LogP contribution is 2.34. The molecule has 4 nitrogen and oxygen atoms in total. The zero-order valence-electron chi connectivity index (χ0n) is 10.1. The molecule has 0 unspecified atom stereocenters. The molecule has 0 atom stereocenters. The van der Waals surface area contributed by atoms with Gasteiger partial charge in [-0.1, -0.05) is 51.3 Å². The number of hydrogen-bond donors (Lipinski definition) is 3. The minimum Gasteiger partial charge on any atom is -0.323 e. The molecule has 0 aliphatic rings. The van der Waals surface area contributed by atoms with E-state index in [0.717, 1.165) is 4.47 Å². The second-order valence-corrected chi connectivity index (χ2v) is 5.62. The fourth-order valence-electron chi connectivity index (χ4n) is 1.65. The lowest BCUT2D eigenvalue weighted by Crippen LogP contribution is -2.17. The number of benzene rings is 2. The van der Waals surface area contributed by atoms with Gasteiger partial charge in [0, 0.05) is 4.47 Å². The first-order chi connectivity index (χ1) is 9.52. The molecule has 0 bridgehead atoms. The van der Waals surface area contributed by atoms with Gasteiger partial charge in [0.1, 0.15) is 0 Å². The summed E-state index contributed by atoms with van der Waals surface area (Å²) >= 11 is 15.4. The van der Waals surface area contributed by atoms with Crippen LogP contribution in [-0.2, 0) is 0 Å². The molecule has 20 heavy (non-hydrogen) atoms. The smallest absolute Gasteiger partial charge is 0.257 e. The summed E-state index contributed by atoms with van der Waals surface area (Å²) in [6, 6.07) is 10.1. The number of nitrogens with one attached hydrogen (secondary N) is 2. The Bertz CT molecular complexity index is 641. The number of carbonyl (C=O) groups excluding carboxylic acids is 1. The van der Waals surface area contributed by atoms with Crippen LogP contribution in [0, 0.1) is 0 Å². The molecule has 2 aromatic rings. The number of anilines is 2. The van der Waals surface area contributed by atoms with Crippen molar-refractivity contribution in [3.05, 3.63) is 56.5 Å². The normalized spacial score (nSPS) is 10.2. The second-order valence-electron chi connectivity index (χ2n) is 3.89. The maximum Gasteiger partial charge on any atom is 0.257 e. The molecule has 0 aliphatic heterocycles. The quantitative estimate of drug-likeness (QED) is 0.554. The third-order valence-electron chi connectivity index (χ3n) is 2.57. The second kappa shape index (κ2) is 6.45. The Labute approximate surface area is 134 Å². The van der Waals surface area contributed by atoms with Crippen molar-refractivity contribution < 1.29 is 4.79 Å². The molecule has 0 aliphatic carbocycles. The van der Waals surface area contributed by atoms with Gasteiger partial charge in [-0.15, -0.1) is 0 Å². The standard InChI is InChI=1S/C13H10BrCl2N3O/c14-7-5-9(15)12(10(16)6-7)18-13(20)8-3-1-2-4-11(8)19-17/h1-6,19H,17H2,(H,18,20). The van der Waals surface area contributed by atoms with Gasteiger partial charge in [0.25, 0.3) is 5.91 Å². The number of amides is 1. The van der Waals surface area contributed by atoms with E-state index in [9.17, 15) is 4.79 Å². The summed E-state index contributed by atoms with van der Waals surface area (Å²) in [6.45, 7) is 0. The summed E-state index contributed by atoms with van der Waals surface area (Å²) in [5, 5.41) is 3.36. The number of hydrazine groups is 1. The van der Waals surface area contributed by atoms with Crippen molar-refractivity contribution in [2.75, 3.05) is 10.7 Å². The van der Waals surface area contributed by atoms with Crippen molar-refractivity contribution in [1.29, 1.82) is 0 Å². The van der Waals surface area contributed by atoms with Gasteiger partial charge in [-0.25, -0.2) is 0 Å². The Morgan fingerprint density at radius 1 is 1.15 bits per heavy atom. The Kier molecular flexibility index (Phi) is 4.88. The van der Waals surface area contributed by atoms with Crippen LogP contribution < -0.4 is 16.6 Å². The number of halogens is 3. The SMILES string of the molecule is NNc1ccccc1C(=O)Nc1c(Cl)cc(Br)cc1Cl. The zero-order valence-corrected chi connectivity index (χ0v) is 13.2. The third-order valence-corrected chi connectivity index (χ3v) is 3.63. The summed E-state index contributed by atoms with van der Waals surface area (Å²) in [6.07, 6.45) is 0. The average molecular weight is 375 g/mol. The van der Waals surface area contributed by atoms with E-state index in [0.29, 0.717) is 27.0 Å². The van der Waals surface area contributed by atoms with Crippen LogP contribution >= 0.6 is 39.1 Å². The molecule has 0 saturated heterocycles. The first-order valence-electron chi connectivity index (χ1n) is 5.54. The molecule has 0 aromatic heterocycles. The van der Waals surface area contributed by atoms with Crippen molar-refractivity contribution in [3.63, 3.8) is 0 Å². The van der Waals surface area contributed by atoms with Crippen LogP contribution in [0.3, 0.4) is 0 Å². The monoisotopic (exact) mass is 373 g/mol. The van der Waals surface area contributed by atoms with E-state index < -0.39 is 0 Å². The summed E-state index contributed by atoms with van der Waals surface area (Å²) in [5.74, 6) is 5.02. The average Bonchev–Trinajstić information content (AvgIpc) is 2.42. The van der Waals surface area contributed by atoms with Gasteiger partial charge in [0.05, 0.1) is 27.0 Å². The highest BCUT2D eigenvalue weighted by atomic mass is 79.9. The molecule has 1 amide bonds. The first kappa shape index (κ1) is 15.1. The Morgan fingerprint density at radius 2 is 1.75 bits per heavy atom. The van der Waals surface area contributed by atoms with Crippen LogP contribution in [0.4, 0.5) is 11.4 Å². The molecule has 0 saturated carbocycles. The van der Waals surface area contributed by atoms with E-state index in [1.165, 1.54) is 0 Å². The highest BCUT2D eigenvalue weighted by Gasteiger charge is 2.14. The van der Waals surface area contributed by atoms with Gasteiger partial charge >= 0.3 is 0 Å². The fraction of sp³-hybridized carbons (Fsp3) is 0. The molecule has 2 rings (SSSR count). The maximum absolute atomic E-state index is 12.2. The molecular weight excluding hydrogens is 365 g/mol. The number of hydrogen-bond acceptors (Lipinski definition) is 3. The van der Waals surface area contributed by atoms with Crippen LogP contribution in [0.15, 0.2) is 40.9 Å². The van der Waals surface area contributed by atoms with Crippen LogP contribution in [0.1, 0.15) is 10.4 Å². The van der Waals surface area contributed by atoms with Gasteiger partial charge in [0.2, 0.25) is 0 Å². The van der Waals surface area contributed by atoms with E-state index in [4.69, 9.17) is 29.0 Å². The molecule has 0 radical (unpaired) electrons. The minimum atomic E-state index is -0.357. The molecule has 7 heteroatoms. The van der Waals surface area contributed by atoms with E-state index in [1.807, 2.05) is 0 Å². The molecule has 0 heterocycles. The third kappa shape index (κ3) is 3.24. The van der Waals surface area contributed by atoms with Crippen LogP contribution in [0.5, 0.6) is 0 Å². The molecule has 2 aromatic carbocycles. The Hall–Kier alpha value is -1.27. The number of rotatable bonds is 3.